The molecule has 2 aromatic carbocycles. The van der Waals surface area contributed by atoms with E-state index in [1.165, 1.54) is 0 Å². The van der Waals surface area contributed by atoms with Crippen molar-refractivity contribution in [1.29, 1.82) is 0 Å². The van der Waals surface area contributed by atoms with Crippen molar-refractivity contribution < 1.29 is 14.3 Å². The van der Waals surface area contributed by atoms with Crippen molar-refractivity contribution in [1.82, 2.24) is 5.32 Å². The third kappa shape index (κ3) is 4.15. The van der Waals surface area contributed by atoms with Gasteiger partial charge in [-0.25, -0.2) is 4.79 Å². The first-order chi connectivity index (χ1) is 11.4. The Kier molecular flexibility index (Phi) is 5.99. The van der Waals surface area contributed by atoms with Crippen molar-refractivity contribution in [3.05, 3.63) is 58.6 Å². The second kappa shape index (κ2) is 7.97. The van der Waals surface area contributed by atoms with E-state index in [-0.39, 0.29) is 12.5 Å². The van der Waals surface area contributed by atoms with Crippen LogP contribution >= 0.6 is 11.6 Å². The Balaban J connectivity index is 2.27. The number of hydrogen-bond acceptors (Lipinski definition) is 3. The molecule has 1 amide bonds. The minimum atomic E-state index is -0.702. The lowest BCUT2D eigenvalue weighted by molar-refractivity contribution is -0.144. The van der Waals surface area contributed by atoms with Gasteiger partial charge >= 0.3 is 5.97 Å². The van der Waals surface area contributed by atoms with Crippen molar-refractivity contribution in [2.45, 2.75) is 26.8 Å². The molecule has 0 aliphatic rings. The summed E-state index contributed by atoms with van der Waals surface area (Å²) >= 11 is 6.05. The Morgan fingerprint density at radius 3 is 2.58 bits per heavy atom. The quantitative estimate of drug-likeness (QED) is 0.833. The zero-order valence-electron chi connectivity index (χ0n) is 13.9. The summed E-state index contributed by atoms with van der Waals surface area (Å²) in [5.41, 5.74) is 3.21. The maximum absolute atomic E-state index is 12.5. The van der Waals surface area contributed by atoms with Crippen molar-refractivity contribution >= 4 is 23.5 Å². The van der Waals surface area contributed by atoms with Gasteiger partial charge in [0.25, 0.3) is 5.91 Å². The SMILES string of the molecule is CCOC(=O)C(C)NC(=O)c1cccc(-c2cccc(Cl)c2)c1C. The van der Waals surface area contributed by atoms with Crippen LogP contribution in [0.25, 0.3) is 11.1 Å². The second-order valence-corrected chi connectivity index (χ2v) is 5.87. The number of halogens is 1. The van der Waals surface area contributed by atoms with E-state index in [9.17, 15) is 9.59 Å². The number of ether oxygens (including phenoxy) is 1. The minimum absolute atomic E-state index is 0.280. The van der Waals surface area contributed by atoms with Crippen LogP contribution in [0.3, 0.4) is 0 Å². The first-order valence-corrected chi connectivity index (χ1v) is 8.15. The number of hydrogen-bond donors (Lipinski definition) is 1. The molecule has 1 atom stereocenters. The van der Waals surface area contributed by atoms with Gasteiger partial charge in [-0.3, -0.25) is 4.79 Å². The fraction of sp³-hybridized carbons (Fsp3) is 0.263. The average Bonchev–Trinajstić information content (AvgIpc) is 2.55. The molecule has 0 heterocycles. The monoisotopic (exact) mass is 345 g/mol. The third-order valence-corrected chi connectivity index (χ3v) is 3.94. The molecule has 24 heavy (non-hydrogen) atoms. The molecule has 0 saturated carbocycles. The number of esters is 1. The minimum Gasteiger partial charge on any atom is -0.464 e. The van der Waals surface area contributed by atoms with Crippen LogP contribution < -0.4 is 5.32 Å². The molecular weight excluding hydrogens is 326 g/mol. The third-order valence-electron chi connectivity index (χ3n) is 3.70. The maximum Gasteiger partial charge on any atom is 0.328 e. The molecule has 126 valence electrons. The number of benzene rings is 2. The Labute approximate surface area is 146 Å². The summed E-state index contributed by atoms with van der Waals surface area (Å²) in [6.45, 7) is 5.49. The highest BCUT2D eigenvalue weighted by molar-refractivity contribution is 6.30. The summed E-state index contributed by atoms with van der Waals surface area (Å²) in [6, 6.07) is 12.2. The van der Waals surface area contributed by atoms with E-state index in [0.717, 1.165) is 16.7 Å². The lowest BCUT2D eigenvalue weighted by Gasteiger charge is -2.15. The molecular formula is C19H20ClNO3. The maximum atomic E-state index is 12.5. The standard InChI is InChI=1S/C19H20ClNO3/c1-4-24-19(23)13(3)21-18(22)17-10-6-9-16(12(17)2)14-7-5-8-15(20)11-14/h5-11,13H,4H2,1-3H3,(H,21,22). The van der Waals surface area contributed by atoms with Gasteiger partial charge in [-0.2, -0.15) is 0 Å². The first kappa shape index (κ1) is 18.0. The summed E-state index contributed by atoms with van der Waals surface area (Å²) < 4.78 is 4.91. The van der Waals surface area contributed by atoms with Gasteiger partial charge in [-0.1, -0.05) is 35.9 Å². The highest BCUT2D eigenvalue weighted by Crippen LogP contribution is 2.27. The second-order valence-electron chi connectivity index (χ2n) is 5.44. The zero-order valence-corrected chi connectivity index (χ0v) is 14.7. The van der Waals surface area contributed by atoms with Gasteiger partial charge in [0, 0.05) is 10.6 Å². The number of amides is 1. The summed E-state index contributed by atoms with van der Waals surface area (Å²) in [4.78, 5) is 24.2. The number of nitrogens with one attached hydrogen (secondary N) is 1. The van der Waals surface area contributed by atoms with Crippen molar-refractivity contribution in [2.24, 2.45) is 0 Å². The van der Waals surface area contributed by atoms with Crippen molar-refractivity contribution in [3.63, 3.8) is 0 Å². The molecule has 4 nitrogen and oxygen atoms in total. The number of carbonyl (C=O) groups excluding carboxylic acids is 2. The van der Waals surface area contributed by atoms with Crippen LogP contribution in [0.4, 0.5) is 0 Å². The number of carbonyl (C=O) groups is 2. The van der Waals surface area contributed by atoms with Crippen LogP contribution in [0.5, 0.6) is 0 Å². The molecule has 0 bridgehead atoms. The van der Waals surface area contributed by atoms with Crippen LogP contribution in [0.1, 0.15) is 29.8 Å². The lowest BCUT2D eigenvalue weighted by atomic mass is 9.96. The van der Waals surface area contributed by atoms with Crippen LogP contribution in [0, 0.1) is 6.92 Å². The van der Waals surface area contributed by atoms with Gasteiger partial charge < -0.3 is 10.1 Å². The normalized spacial score (nSPS) is 11.7. The molecule has 0 spiro atoms. The Morgan fingerprint density at radius 2 is 1.92 bits per heavy atom. The van der Waals surface area contributed by atoms with Gasteiger partial charge in [0.05, 0.1) is 6.61 Å². The smallest absolute Gasteiger partial charge is 0.328 e. The van der Waals surface area contributed by atoms with Crippen molar-refractivity contribution in [2.75, 3.05) is 6.61 Å². The highest BCUT2D eigenvalue weighted by Gasteiger charge is 2.19. The molecule has 5 heteroatoms. The summed E-state index contributed by atoms with van der Waals surface area (Å²) in [5.74, 6) is -0.758. The van der Waals surface area contributed by atoms with Crippen LogP contribution in [0.15, 0.2) is 42.5 Å². The largest absolute Gasteiger partial charge is 0.464 e. The van der Waals surface area contributed by atoms with Crippen molar-refractivity contribution in [3.8, 4) is 11.1 Å². The first-order valence-electron chi connectivity index (χ1n) is 7.77. The van der Waals surface area contributed by atoms with Gasteiger partial charge in [0.15, 0.2) is 0 Å². The van der Waals surface area contributed by atoms with E-state index >= 15 is 0 Å². The molecule has 1 N–H and O–H groups in total. The molecule has 0 aliphatic carbocycles. The molecule has 0 aromatic heterocycles. The summed E-state index contributed by atoms with van der Waals surface area (Å²) in [5, 5.41) is 3.31. The predicted octanol–water partition coefficient (Wildman–Crippen LogP) is 4.00. The van der Waals surface area contributed by atoms with E-state index in [1.807, 2.05) is 37.3 Å². The fourth-order valence-electron chi connectivity index (χ4n) is 2.45. The summed E-state index contributed by atoms with van der Waals surface area (Å²) in [6.07, 6.45) is 0. The zero-order chi connectivity index (χ0) is 17.7. The van der Waals surface area contributed by atoms with Crippen LogP contribution in [0.2, 0.25) is 5.02 Å². The molecule has 2 aromatic rings. The van der Waals surface area contributed by atoms with E-state index in [1.54, 1.807) is 26.0 Å². The molecule has 0 saturated heterocycles. The topological polar surface area (TPSA) is 55.4 Å². The predicted molar refractivity (Wildman–Crippen MR) is 95.2 cm³/mol. The van der Waals surface area contributed by atoms with Gasteiger partial charge in [-0.05, 0) is 55.7 Å². The molecule has 0 radical (unpaired) electrons. The van der Waals surface area contributed by atoms with E-state index < -0.39 is 12.0 Å². The molecule has 0 aliphatic heterocycles. The average molecular weight is 346 g/mol. The lowest BCUT2D eigenvalue weighted by Crippen LogP contribution is -2.39. The Morgan fingerprint density at radius 1 is 1.21 bits per heavy atom. The highest BCUT2D eigenvalue weighted by atomic mass is 35.5. The Bertz CT molecular complexity index is 758. The Hall–Kier alpha value is -2.33. The fourth-order valence-corrected chi connectivity index (χ4v) is 2.64. The van der Waals surface area contributed by atoms with Gasteiger partial charge in [0.1, 0.15) is 6.04 Å². The molecule has 1 unspecified atom stereocenters. The van der Waals surface area contributed by atoms with Crippen LogP contribution in [-0.4, -0.2) is 24.5 Å². The van der Waals surface area contributed by atoms with E-state index in [0.29, 0.717) is 10.6 Å². The summed E-state index contributed by atoms with van der Waals surface area (Å²) in [7, 11) is 0. The molecule has 2 rings (SSSR count). The van der Waals surface area contributed by atoms with Crippen LogP contribution in [-0.2, 0) is 9.53 Å². The molecule has 0 fully saturated rings. The van der Waals surface area contributed by atoms with E-state index in [2.05, 4.69) is 5.32 Å². The van der Waals surface area contributed by atoms with Gasteiger partial charge in [0.2, 0.25) is 0 Å². The number of rotatable bonds is 5. The van der Waals surface area contributed by atoms with E-state index in [4.69, 9.17) is 16.3 Å². The van der Waals surface area contributed by atoms with Gasteiger partial charge in [-0.15, -0.1) is 0 Å².